The fraction of sp³-hybridized carbons (Fsp3) is 0.750. The number of ether oxygens (including phenoxy) is 1. The van der Waals surface area contributed by atoms with E-state index in [2.05, 4.69) is 15.7 Å². The van der Waals surface area contributed by atoms with E-state index in [1.165, 1.54) is 25.7 Å². The standard InChI is InChI=1S/C16H28N4O2.ClH/c1-17-15(13-11-19-20(2)12-13)16(21)18-9-10-22-14-7-5-3-4-6-8-14;/h11-12,14-15,17H,3-10H2,1-2H3,(H,18,21);1H. The maximum absolute atomic E-state index is 12.2. The Morgan fingerprint density at radius 1 is 1.39 bits per heavy atom. The predicted molar refractivity (Wildman–Crippen MR) is 92.7 cm³/mol. The molecule has 0 bridgehead atoms. The molecule has 1 heterocycles. The van der Waals surface area contributed by atoms with Crippen molar-refractivity contribution in [1.29, 1.82) is 0 Å². The zero-order chi connectivity index (χ0) is 15.8. The first kappa shape index (κ1) is 19.9. The second kappa shape index (κ2) is 10.6. The molecule has 1 fully saturated rings. The lowest BCUT2D eigenvalue weighted by molar-refractivity contribution is -0.123. The Balaban J connectivity index is 0.00000264. The molecule has 2 rings (SSSR count). The molecule has 1 aliphatic carbocycles. The van der Waals surface area contributed by atoms with E-state index in [1.807, 2.05) is 13.2 Å². The number of nitrogens with zero attached hydrogens (tertiary/aromatic N) is 2. The quantitative estimate of drug-likeness (QED) is 0.586. The number of hydrogen-bond acceptors (Lipinski definition) is 4. The summed E-state index contributed by atoms with van der Waals surface area (Å²) in [6.45, 7) is 1.13. The van der Waals surface area contributed by atoms with Gasteiger partial charge in [-0.15, -0.1) is 12.4 Å². The molecule has 0 spiro atoms. The summed E-state index contributed by atoms with van der Waals surface area (Å²) < 4.78 is 7.58. The van der Waals surface area contributed by atoms with Crippen LogP contribution in [0.3, 0.4) is 0 Å². The molecule has 1 aromatic heterocycles. The number of carbonyl (C=O) groups is 1. The van der Waals surface area contributed by atoms with Crippen LogP contribution in [0, 0.1) is 0 Å². The van der Waals surface area contributed by atoms with E-state index < -0.39 is 0 Å². The fourth-order valence-corrected chi connectivity index (χ4v) is 2.95. The molecule has 0 aromatic carbocycles. The van der Waals surface area contributed by atoms with Crippen molar-refractivity contribution in [1.82, 2.24) is 20.4 Å². The van der Waals surface area contributed by atoms with Crippen LogP contribution in [0.25, 0.3) is 0 Å². The minimum absolute atomic E-state index is 0. The zero-order valence-corrected chi connectivity index (χ0v) is 14.9. The van der Waals surface area contributed by atoms with Crippen LogP contribution in [-0.2, 0) is 16.6 Å². The van der Waals surface area contributed by atoms with Gasteiger partial charge in [0.1, 0.15) is 6.04 Å². The first-order valence-corrected chi connectivity index (χ1v) is 8.26. The first-order chi connectivity index (χ1) is 10.7. The number of amides is 1. The lowest BCUT2D eigenvalue weighted by Crippen LogP contribution is -2.37. The predicted octanol–water partition coefficient (Wildman–Crippen LogP) is 1.96. The molecule has 0 radical (unpaired) electrons. The van der Waals surface area contributed by atoms with Gasteiger partial charge in [-0.05, 0) is 19.9 Å². The molecule has 2 N–H and O–H groups in total. The molecule has 1 saturated carbocycles. The van der Waals surface area contributed by atoms with Crippen molar-refractivity contribution in [3.8, 4) is 0 Å². The van der Waals surface area contributed by atoms with E-state index in [0.29, 0.717) is 19.3 Å². The molecule has 1 amide bonds. The molecule has 1 aliphatic rings. The average Bonchev–Trinajstić information content (AvgIpc) is 2.77. The van der Waals surface area contributed by atoms with Gasteiger partial charge in [-0.25, -0.2) is 0 Å². The van der Waals surface area contributed by atoms with E-state index >= 15 is 0 Å². The lowest BCUT2D eigenvalue weighted by atomic mass is 10.1. The molecular weight excluding hydrogens is 316 g/mol. The number of nitrogens with one attached hydrogen (secondary N) is 2. The molecule has 1 aromatic rings. The van der Waals surface area contributed by atoms with Crippen molar-refractivity contribution in [2.24, 2.45) is 7.05 Å². The summed E-state index contributed by atoms with van der Waals surface area (Å²) in [4.78, 5) is 12.2. The molecule has 23 heavy (non-hydrogen) atoms. The van der Waals surface area contributed by atoms with Gasteiger partial charge in [-0.1, -0.05) is 25.7 Å². The second-order valence-corrected chi connectivity index (χ2v) is 5.94. The fourth-order valence-electron chi connectivity index (χ4n) is 2.95. The number of rotatable bonds is 7. The molecular formula is C16H29ClN4O2. The van der Waals surface area contributed by atoms with Gasteiger partial charge >= 0.3 is 0 Å². The average molecular weight is 345 g/mol. The largest absolute Gasteiger partial charge is 0.376 e. The number of carbonyl (C=O) groups excluding carboxylic acids is 1. The molecule has 0 aliphatic heterocycles. The van der Waals surface area contributed by atoms with Crippen molar-refractivity contribution in [3.05, 3.63) is 18.0 Å². The Morgan fingerprint density at radius 2 is 2.09 bits per heavy atom. The van der Waals surface area contributed by atoms with E-state index in [4.69, 9.17) is 4.74 Å². The molecule has 6 nitrogen and oxygen atoms in total. The Labute approximate surface area is 144 Å². The monoisotopic (exact) mass is 344 g/mol. The molecule has 0 saturated heterocycles. The van der Waals surface area contributed by atoms with Crippen LogP contribution in [-0.4, -0.2) is 42.0 Å². The smallest absolute Gasteiger partial charge is 0.241 e. The van der Waals surface area contributed by atoms with Crippen molar-refractivity contribution >= 4 is 18.3 Å². The third-order valence-electron chi connectivity index (χ3n) is 4.17. The van der Waals surface area contributed by atoms with Gasteiger partial charge in [0.2, 0.25) is 5.91 Å². The third-order valence-corrected chi connectivity index (χ3v) is 4.17. The Kier molecular flexibility index (Phi) is 9.21. The van der Waals surface area contributed by atoms with Crippen molar-refractivity contribution in [2.75, 3.05) is 20.2 Å². The van der Waals surface area contributed by atoms with E-state index in [-0.39, 0.29) is 24.4 Å². The van der Waals surface area contributed by atoms with Crippen LogP contribution in [0.15, 0.2) is 12.4 Å². The van der Waals surface area contributed by atoms with Gasteiger partial charge in [0.25, 0.3) is 0 Å². The Morgan fingerprint density at radius 3 is 2.65 bits per heavy atom. The highest BCUT2D eigenvalue weighted by Crippen LogP contribution is 2.19. The number of hydrogen-bond donors (Lipinski definition) is 2. The summed E-state index contributed by atoms with van der Waals surface area (Å²) in [6, 6.07) is -0.369. The van der Waals surface area contributed by atoms with Crippen LogP contribution in [0.4, 0.5) is 0 Å². The summed E-state index contributed by atoms with van der Waals surface area (Å²) in [5.41, 5.74) is 0.868. The van der Waals surface area contributed by atoms with E-state index in [9.17, 15) is 4.79 Å². The van der Waals surface area contributed by atoms with E-state index in [1.54, 1.807) is 17.9 Å². The highest BCUT2D eigenvalue weighted by Gasteiger charge is 2.19. The minimum Gasteiger partial charge on any atom is -0.376 e. The Hall–Kier alpha value is -1.11. The normalized spacial score (nSPS) is 17.1. The van der Waals surface area contributed by atoms with Crippen molar-refractivity contribution < 1.29 is 9.53 Å². The topological polar surface area (TPSA) is 68.2 Å². The maximum Gasteiger partial charge on any atom is 0.241 e. The van der Waals surface area contributed by atoms with Crippen LogP contribution < -0.4 is 10.6 Å². The molecule has 7 heteroatoms. The molecule has 1 unspecified atom stereocenters. The number of aryl methyl sites for hydroxylation is 1. The second-order valence-electron chi connectivity index (χ2n) is 5.94. The summed E-state index contributed by atoms with van der Waals surface area (Å²) in [6.07, 6.45) is 11.4. The molecule has 1 atom stereocenters. The minimum atomic E-state index is -0.369. The van der Waals surface area contributed by atoms with Crippen molar-refractivity contribution in [3.63, 3.8) is 0 Å². The summed E-state index contributed by atoms with van der Waals surface area (Å²) in [5, 5.41) is 10.1. The van der Waals surface area contributed by atoms with Crippen molar-refractivity contribution in [2.45, 2.75) is 50.7 Å². The lowest BCUT2D eigenvalue weighted by Gasteiger charge is -2.17. The number of halogens is 1. The maximum atomic E-state index is 12.2. The van der Waals surface area contributed by atoms with Crippen LogP contribution >= 0.6 is 12.4 Å². The van der Waals surface area contributed by atoms with Crippen LogP contribution in [0.5, 0.6) is 0 Å². The molecule has 132 valence electrons. The van der Waals surface area contributed by atoms with Gasteiger partial charge in [-0.2, -0.15) is 5.10 Å². The summed E-state index contributed by atoms with van der Waals surface area (Å²) >= 11 is 0. The number of aromatic nitrogens is 2. The highest BCUT2D eigenvalue weighted by molar-refractivity contribution is 5.85. The third kappa shape index (κ3) is 6.49. The zero-order valence-electron chi connectivity index (χ0n) is 14.1. The highest BCUT2D eigenvalue weighted by atomic mass is 35.5. The summed E-state index contributed by atoms with van der Waals surface area (Å²) in [5.74, 6) is -0.0417. The van der Waals surface area contributed by atoms with Gasteiger partial charge in [0.15, 0.2) is 0 Å². The summed E-state index contributed by atoms with van der Waals surface area (Å²) in [7, 11) is 3.62. The first-order valence-electron chi connectivity index (χ1n) is 8.26. The van der Waals surface area contributed by atoms with Crippen LogP contribution in [0.1, 0.15) is 50.1 Å². The van der Waals surface area contributed by atoms with Gasteiger partial charge in [0.05, 0.1) is 18.9 Å². The SMILES string of the molecule is CNC(C(=O)NCCOC1CCCCCC1)c1cnn(C)c1.Cl. The number of likely N-dealkylation sites (N-methyl/N-ethyl adjacent to an activating group) is 1. The van der Waals surface area contributed by atoms with E-state index in [0.717, 1.165) is 18.4 Å². The van der Waals surface area contributed by atoms with Gasteiger partial charge in [0, 0.05) is 25.4 Å². The Bertz CT molecular complexity index is 459. The van der Waals surface area contributed by atoms with Crippen LogP contribution in [0.2, 0.25) is 0 Å². The van der Waals surface area contributed by atoms with Gasteiger partial charge in [-0.3, -0.25) is 9.48 Å². The van der Waals surface area contributed by atoms with Gasteiger partial charge < -0.3 is 15.4 Å².